The largest absolute Gasteiger partial charge is 0.332 e. The van der Waals surface area contributed by atoms with Crippen molar-refractivity contribution in [3.05, 3.63) is 66.2 Å². The Morgan fingerprint density at radius 2 is 1.77 bits per heavy atom. The quantitative estimate of drug-likeness (QED) is 0.898. The molecule has 136 valence electrons. The van der Waals surface area contributed by atoms with E-state index in [1.165, 1.54) is 4.90 Å². The number of likely N-dealkylation sites (N-methyl/N-ethyl adjacent to an activating group) is 1. The van der Waals surface area contributed by atoms with Crippen molar-refractivity contribution in [2.24, 2.45) is 5.73 Å². The van der Waals surface area contributed by atoms with Gasteiger partial charge in [-0.3, -0.25) is 9.59 Å². The number of rotatable bonds is 5. The maximum Gasteiger partial charge on any atom is 0.249 e. The van der Waals surface area contributed by atoms with Crippen molar-refractivity contribution in [2.75, 3.05) is 18.5 Å². The molecular formula is C21H25N3O2. The van der Waals surface area contributed by atoms with Gasteiger partial charge in [0.05, 0.1) is 6.04 Å². The molecule has 0 aromatic heterocycles. The number of amides is 2. The predicted octanol–water partition coefficient (Wildman–Crippen LogP) is 2.21. The lowest BCUT2D eigenvalue weighted by Gasteiger charge is -2.37. The van der Waals surface area contributed by atoms with Crippen molar-refractivity contribution >= 4 is 17.5 Å². The van der Waals surface area contributed by atoms with E-state index in [0.717, 1.165) is 17.7 Å². The van der Waals surface area contributed by atoms with Gasteiger partial charge in [0.2, 0.25) is 11.8 Å². The standard InChI is InChI=1S/C21H25N3O2/c1-23(20(25)18(22)15-16-9-4-2-5-10-16)19-13-8-14-24(21(19)26)17-11-6-3-7-12-17/h2-7,9-12,18-19H,8,13-15,22H2,1H3/t18-,19?/m0/s1. The average molecular weight is 351 g/mol. The number of carbonyl (C=O) groups excluding carboxylic acids is 2. The van der Waals surface area contributed by atoms with Gasteiger partial charge in [0.25, 0.3) is 0 Å². The molecule has 1 heterocycles. The second-order valence-electron chi connectivity index (χ2n) is 6.73. The van der Waals surface area contributed by atoms with E-state index in [1.807, 2.05) is 60.7 Å². The zero-order chi connectivity index (χ0) is 18.5. The number of hydrogen-bond acceptors (Lipinski definition) is 3. The van der Waals surface area contributed by atoms with E-state index in [-0.39, 0.29) is 11.8 Å². The number of nitrogens with zero attached hydrogens (tertiary/aromatic N) is 2. The number of benzene rings is 2. The van der Waals surface area contributed by atoms with Crippen molar-refractivity contribution < 1.29 is 9.59 Å². The molecule has 2 aromatic carbocycles. The maximum atomic E-state index is 12.9. The minimum Gasteiger partial charge on any atom is -0.332 e. The highest BCUT2D eigenvalue weighted by atomic mass is 16.2. The minimum atomic E-state index is -0.651. The fourth-order valence-corrected chi connectivity index (χ4v) is 3.45. The Kier molecular flexibility index (Phi) is 5.68. The molecule has 0 spiro atoms. The van der Waals surface area contributed by atoms with Crippen molar-refractivity contribution in [2.45, 2.75) is 31.3 Å². The number of carbonyl (C=O) groups is 2. The molecule has 0 aliphatic carbocycles. The Morgan fingerprint density at radius 1 is 1.15 bits per heavy atom. The topological polar surface area (TPSA) is 66.6 Å². The van der Waals surface area contributed by atoms with Gasteiger partial charge in [-0.25, -0.2) is 0 Å². The summed E-state index contributed by atoms with van der Waals surface area (Å²) in [5.74, 6) is -0.229. The lowest BCUT2D eigenvalue weighted by atomic mass is 10.00. The summed E-state index contributed by atoms with van der Waals surface area (Å²) >= 11 is 0. The first-order valence-corrected chi connectivity index (χ1v) is 9.00. The molecule has 0 bridgehead atoms. The SMILES string of the molecule is CN(C(=O)[C@@H](N)Cc1ccccc1)C1CCCN(c2ccccc2)C1=O. The molecular weight excluding hydrogens is 326 g/mol. The molecule has 0 saturated carbocycles. The smallest absolute Gasteiger partial charge is 0.249 e. The summed E-state index contributed by atoms with van der Waals surface area (Å²) in [7, 11) is 1.68. The molecule has 5 nitrogen and oxygen atoms in total. The van der Waals surface area contributed by atoms with Crippen molar-refractivity contribution in [3.8, 4) is 0 Å². The van der Waals surface area contributed by atoms with Crippen LogP contribution in [0, 0.1) is 0 Å². The Morgan fingerprint density at radius 3 is 2.42 bits per heavy atom. The first-order valence-electron chi connectivity index (χ1n) is 9.00. The molecule has 1 unspecified atom stereocenters. The normalized spacial score (nSPS) is 18.5. The summed E-state index contributed by atoms with van der Waals surface area (Å²) in [6.45, 7) is 0.678. The van der Waals surface area contributed by atoms with Crippen LogP contribution in [0.15, 0.2) is 60.7 Å². The van der Waals surface area contributed by atoms with Crippen LogP contribution in [0.4, 0.5) is 5.69 Å². The van der Waals surface area contributed by atoms with Gasteiger partial charge in [-0.2, -0.15) is 0 Å². The van der Waals surface area contributed by atoms with Gasteiger partial charge in [-0.05, 0) is 37.0 Å². The first-order chi connectivity index (χ1) is 12.6. The number of para-hydroxylation sites is 1. The second-order valence-corrected chi connectivity index (χ2v) is 6.73. The molecule has 1 saturated heterocycles. The minimum absolute atomic E-state index is 0.0368. The molecule has 26 heavy (non-hydrogen) atoms. The van der Waals surface area contributed by atoms with Gasteiger partial charge >= 0.3 is 0 Å². The third-order valence-corrected chi connectivity index (χ3v) is 4.91. The van der Waals surface area contributed by atoms with E-state index in [4.69, 9.17) is 5.73 Å². The van der Waals surface area contributed by atoms with Crippen LogP contribution in [0.1, 0.15) is 18.4 Å². The Bertz CT molecular complexity index is 748. The zero-order valence-electron chi connectivity index (χ0n) is 15.0. The summed E-state index contributed by atoms with van der Waals surface area (Å²) in [5, 5.41) is 0. The van der Waals surface area contributed by atoms with Gasteiger partial charge in [-0.15, -0.1) is 0 Å². The van der Waals surface area contributed by atoms with Crippen molar-refractivity contribution in [3.63, 3.8) is 0 Å². The van der Waals surface area contributed by atoms with Crippen LogP contribution in [-0.2, 0) is 16.0 Å². The van der Waals surface area contributed by atoms with Crippen LogP contribution in [0.25, 0.3) is 0 Å². The Balaban J connectivity index is 1.68. The van der Waals surface area contributed by atoms with Crippen LogP contribution < -0.4 is 10.6 Å². The van der Waals surface area contributed by atoms with Gasteiger partial charge in [0.1, 0.15) is 6.04 Å². The molecule has 1 fully saturated rings. The van der Waals surface area contributed by atoms with Gasteiger partial charge < -0.3 is 15.5 Å². The van der Waals surface area contributed by atoms with Crippen LogP contribution >= 0.6 is 0 Å². The molecule has 0 radical (unpaired) electrons. The van der Waals surface area contributed by atoms with Crippen LogP contribution in [0.5, 0.6) is 0 Å². The second kappa shape index (κ2) is 8.15. The lowest BCUT2D eigenvalue weighted by Crippen LogP contribution is -2.56. The monoisotopic (exact) mass is 351 g/mol. The molecule has 1 aliphatic rings. The van der Waals surface area contributed by atoms with E-state index < -0.39 is 12.1 Å². The zero-order valence-corrected chi connectivity index (χ0v) is 15.0. The highest BCUT2D eigenvalue weighted by Crippen LogP contribution is 2.23. The lowest BCUT2D eigenvalue weighted by molar-refractivity contribution is -0.139. The highest BCUT2D eigenvalue weighted by Gasteiger charge is 2.35. The predicted molar refractivity (Wildman–Crippen MR) is 103 cm³/mol. The van der Waals surface area contributed by atoms with E-state index >= 15 is 0 Å². The molecule has 2 aromatic rings. The fourth-order valence-electron chi connectivity index (χ4n) is 3.45. The highest BCUT2D eigenvalue weighted by molar-refractivity contribution is 6.00. The Labute approximate surface area is 154 Å². The van der Waals surface area contributed by atoms with E-state index in [0.29, 0.717) is 19.4 Å². The van der Waals surface area contributed by atoms with E-state index in [9.17, 15) is 9.59 Å². The summed E-state index contributed by atoms with van der Waals surface area (Å²) in [6.07, 6.45) is 1.99. The van der Waals surface area contributed by atoms with Crippen LogP contribution in [0.2, 0.25) is 0 Å². The molecule has 2 amide bonds. The molecule has 5 heteroatoms. The number of piperidine rings is 1. The molecule has 2 atom stereocenters. The van der Waals surface area contributed by atoms with Gasteiger partial charge in [0.15, 0.2) is 0 Å². The van der Waals surface area contributed by atoms with Crippen LogP contribution in [0.3, 0.4) is 0 Å². The summed E-state index contributed by atoms with van der Waals surface area (Å²) in [4.78, 5) is 29.0. The molecule has 2 N–H and O–H groups in total. The number of nitrogens with two attached hydrogens (primary N) is 1. The number of anilines is 1. The van der Waals surface area contributed by atoms with Gasteiger partial charge in [-0.1, -0.05) is 48.5 Å². The van der Waals surface area contributed by atoms with Crippen molar-refractivity contribution in [1.29, 1.82) is 0 Å². The summed E-state index contributed by atoms with van der Waals surface area (Å²) in [5.41, 5.74) is 8.02. The number of hydrogen-bond donors (Lipinski definition) is 1. The molecule has 1 aliphatic heterocycles. The third-order valence-electron chi connectivity index (χ3n) is 4.91. The molecule has 3 rings (SSSR count). The average Bonchev–Trinajstić information content (AvgIpc) is 2.68. The van der Waals surface area contributed by atoms with Crippen LogP contribution in [-0.4, -0.2) is 42.4 Å². The third kappa shape index (κ3) is 3.94. The van der Waals surface area contributed by atoms with Crippen molar-refractivity contribution in [1.82, 2.24) is 4.90 Å². The first kappa shape index (κ1) is 18.1. The fraction of sp³-hybridized carbons (Fsp3) is 0.333. The van der Waals surface area contributed by atoms with E-state index in [1.54, 1.807) is 11.9 Å². The maximum absolute atomic E-state index is 12.9. The Hall–Kier alpha value is -2.66. The van der Waals surface area contributed by atoms with Gasteiger partial charge in [0, 0.05) is 19.3 Å². The summed E-state index contributed by atoms with van der Waals surface area (Å²) < 4.78 is 0. The van der Waals surface area contributed by atoms with E-state index in [2.05, 4.69) is 0 Å². The summed E-state index contributed by atoms with van der Waals surface area (Å²) in [6, 6.07) is 18.2.